The number of carbonyl (C=O) groups is 1. The Hall–Kier alpha value is -1.82. The third kappa shape index (κ3) is 7.81. The summed E-state index contributed by atoms with van der Waals surface area (Å²) < 4.78 is 23.1. The molecule has 2 aliphatic heterocycles. The van der Waals surface area contributed by atoms with Crippen molar-refractivity contribution in [3.05, 3.63) is 0 Å². The summed E-state index contributed by atoms with van der Waals surface area (Å²) >= 11 is 0. The third-order valence-corrected chi connectivity index (χ3v) is 7.65. The van der Waals surface area contributed by atoms with Crippen LogP contribution in [0.25, 0.3) is 0 Å². The van der Waals surface area contributed by atoms with Crippen molar-refractivity contribution < 1.29 is 59.5 Å². The topological polar surface area (TPSA) is 348 Å². The summed E-state index contributed by atoms with van der Waals surface area (Å²) in [6.45, 7) is 1.19. The maximum atomic E-state index is 12.5. The highest BCUT2D eigenvalue weighted by Gasteiger charge is 2.53. The molecule has 3 fully saturated rings. The Morgan fingerprint density at radius 2 is 1.62 bits per heavy atom. The summed E-state index contributed by atoms with van der Waals surface area (Å²) in [4.78, 5) is 12.5. The molecule has 2 heterocycles. The van der Waals surface area contributed by atoms with Gasteiger partial charge in [0, 0.05) is 12.6 Å². The Morgan fingerprint density at radius 1 is 0.976 bits per heavy atom. The number of rotatable bonds is 11. The van der Waals surface area contributed by atoms with E-state index in [0.717, 1.165) is 0 Å². The minimum absolute atomic E-state index is 0.0253. The lowest BCUT2D eigenvalue weighted by molar-refractivity contribution is -0.315. The number of hydrogen-bond donors (Lipinski definition) is 14. The van der Waals surface area contributed by atoms with Gasteiger partial charge in [-0.1, -0.05) is 0 Å². The van der Waals surface area contributed by atoms with Crippen molar-refractivity contribution in [2.75, 3.05) is 13.1 Å². The first-order valence-electron chi connectivity index (χ1n) is 13.7. The average Bonchev–Trinajstić information content (AvgIpc) is 3.19. The maximum absolute atomic E-state index is 12.5. The summed E-state index contributed by atoms with van der Waals surface area (Å²) in [5.41, 5.74) is 23.1. The second-order valence-corrected chi connectivity index (χ2v) is 10.9. The second-order valence-electron chi connectivity index (χ2n) is 10.9. The molecule has 1 amide bonds. The quantitative estimate of drug-likeness (QED) is 0.0761. The highest BCUT2D eigenvalue weighted by atomic mass is 16.7. The first kappa shape index (κ1) is 34.7. The van der Waals surface area contributed by atoms with E-state index in [1.165, 1.54) is 6.92 Å². The van der Waals surface area contributed by atoms with Crippen molar-refractivity contribution >= 4 is 11.9 Å². The summed E-state index contributed by atoms with van der Waals surface area (Å²) in [7, 11) is 0. The number of ether oxygens (including phenoxy) is 4. The summed E-state index contributed by atoms with van der Waals surface area (Å²) in [5.74, 6) is -1.24. The lowest BCUT2D eigenvalue weighted by Crippen LogP contribution is -2.69. The van der Waals surface area contributed by atoms with Crippen LogP contribution in [0, 0.1) is 5.41 Å². The van der Waals surface area contributed by atoms with Gasteiger partial charge in [-0.3, -0.25) is 10.2 Å². The monoisotopic (exact) mass is 611 g/mol. The van der Waals surface area contributed by atoms with Gasteiger partial charge in [0.15, 0.2) is 18.5 Å². The molecule has 42 heavy (non-hydrogen) atoms. The molecule has 1 saturated carbocycles. The normalized spacial score (nSPS) is 43.9. The number of nitrogens with one attached hydrogen (secondary N) is 3. The van der Waals surface area contributed by atoms with Crippen molar-refractivity contribution in [2.24, 2.45) is 22.9 Å². The van der Waals surface area contributed by atoms with E-state index in [1.807, 2.05) is 0 Å². The van der Waals surface area contributed by atoms with Crippen LogP contribution in [0.1, 0.15) is 19.8 Å². The molecule has 2 saturated heterocycles. The van der Waals surface area contributed by atoms with Gasteiger partial charge in [0.2, 0.25) is 5.91 Å². The Kier molecular flexibility index (Phi) is 12.2. The molecule has 0 aromatic rings. The number of carbonyl (C=O) groups excluding carboxylic acids is 1. The second kappa shape index (κ2) is 14.8. The predicted octanol–water partition coefficient (Wildman–Crippen LogP) is -7.87. The number of nitrogens with two attached hydrogens (primary N) is 4. The molecular weight excluding hydrogens is 566 g/mol. The molecule has 8 unspecified atom stereocenters. The zero-order valence-corrected chi connectivity index (χ0v) is 23.0. The molecule has 0 aromatic carbocycles. The van der Waals surface area contributed by atoms with Crippen LogP contribution in [0.2, 0.25) is 0 Å². The van der Waals surface area contributed by atoms with Gasteiger partial charge in [-0.2, -0.15) is 0 Å². The Labute approximate surface area is 241 Å². The minimum Gasteiger partial charge on any atom is -0.391 e. The number of aliphatic hydroxyl groups excluding tert-OH is 7. The Morgan fingerprint density at radius 3 is 2.21 bits per heavy atom. The number of hydrogen-bond acceptors (Lipinski definition) is 16. The molecule has 0 bridgehead atoms. The van der Waals surface area contributed by atoms with Crippen LogP contribution in [0.3, 0.4) is 0 Å². The number of amides is 1. The van der Waals surface area contributed by atoms with Gasteiger partial charge in [-0.25, -0.2) is 0 Å². The first-order valence-corrected chi connectivity index (χ1v) is 13.7. The van der Waals surface area contributed by atoms with E-state index < -0.39 is 110 Å². The van der Waals surface area contributed by atoms with E-state index in [9.17, 15) is 40.5 Å². The van der Waals surface area contributed by atoms with Gasteiger partial charge < -0.3 is 88.3 Å². The minimum atomic E-state index is -1.64. The molecule has 19 heteroatoms. The first-order chi connectivity index (χ1) is 19.7. The van der Waals surface area contributed by atoms with Crippen molar-refractivity contribution in [1.82, 2.24) is 10.6 Å². The molecule has 18 N–H and O–H groups in total. The van der Waals surface area contributed by atoms with E-state index in [4.69, 9.17) is 47.3 Å². The van der Waals surface area contributed by atoms with E-state index in [1.54, 1.807) is 0 Å². The van der Waals surface area contributed by atoms with Crippen molar-refractivity contribution in [1.29, 1.82) is 5.41 Å². The Balaban J connectivity index is 1.85. The standard InChI is InChI=1S/C23H45N7O12/c1-6(31)17-15(36)14(35)11(26)21(40-17)41-18-7(25)4-8(30-20(38)9(32)2-3-24)12(33)19(18)42-22-16(37)13(34)10(39-22)5-29-23(27)28/h6-19,21-22,31-37H,2-5,24-26H2,1H3,(H,30,38)(H4,27,28,29)/t6-,7?,8-,9+,10-,11?,12?,13?,14?,15+,16?,17?,18-,19?,21-,22+/m1/s1. The van der Waals surface area contributed by atoms with Gasteiger partial charge in [0.25, 0.3) is 0 Å². The highest BCUT2D eigenvalue weighted by molar-refractivity contribution is 5.80. The van der Waals surface area contributed by atoms with Crippen molar-refractivity contribution in [2.45, 2.75) is 118 Å². The summed E-state index contributed by atoms with van der Waals surface area (Å²) in [6, 6.07) is -3.46. The van der Waals surface area contributed by atoms with Crippen molar-refractivity contribution in [3.8, 4) is 0 Å². The third-order valence-electron chi connectivity index (χ3n) is 7.65. The SMILES string of the molecule is C[C@@H](O)C1O[C@H](O[C@@H]2C(N)C[C@@H](NC(=O)[C@@H](O)CCN)C(O)C2O[C@@H]2O[C@H](CNC(=N)N)C(O)C2O)C(N)C(O)[C@@H]1O. The molecule has 3 rings (SSSR count). The van der Waals surface area contributed by atoms with Crippen LogP contribution in [0.15, 0.2) is 0 Å². The fourth-order valence-electron chi connectivity index (χ4n) is 5.23. The molecular formula is C23H45N7O12. The Bertz CT molecular complexity index is 908. The molecule has 3 aliphatic rings. The van der Waals surface area contributed by atoms with Crippen LogP contribution in [-0.4, -0.2) is 159 Å². The average molecular weight is 612 g/mol. The van der Waals surface area contributed by atoms with E-state index in [2.05, 4.69) is 10.6 Å². The van der Waals surface area contributed by atoms with Crippen molar-refractivity contribution in [3.63, 3.8) is 0 Å². The fraction of sp³-hybridized carbons (Fsp3) is 0.913. The van der Waals surface area contributed by atoms with Gasteiger partial charge >= 0.3 is 0 Å². The molecule has 0 spiro atoms. The molecule has 0 radical (unpaired) electrons. The van der Waals surface area contributed by atoms with Gasteiger partial charge in [0.1, 0.15) is 61.0 Å². The fourth-order valence-corrected chi connectivity index (χ4v) is 5.23. The molecule has 16 atom stereocenters. The largest absolute Gasteiger partial charge is 0.391 e. The lowest BCUT2D eigenvalue weighted by atomic mass is 9.83. The van der Waals surface area contributed by atoms with E-state index in [0.29, 0.717) is 0 Å². The van der Waals surface area contributed by atoms with Crippen LogP contribution >= 0.6 is 0 Å². The van der Waals surface area contributed by atoms with Crippen LogP contribution in [0.5, 0.6) is 0 Å². The summed E-state index contributed by atoms with van der Waals surface area (Å²) in [5, 5.41) is 85.4. The van der Waals surface area contributed by atoms with Gasteiger partial charge in [0.05, 0.1) is 18.2 Å². The zero-order valence-electron chi connectivity index (χ0n) is 23.0. The smallest absolute Gasteiger partial charge is 0.249 e. The number of aliphatic hydroxyl groups is 7. The molecule has 0 aromatic heterocycles. The zero-order chi connectivity index (χ0) is 31.5. The predicted molar refractivity (Wildman–Crippen MR) is 141 cm³/mol. The molecule has 1 aliphatic carbocycles. The lowest BCUT2D eigenvalue weighted by Gasteiger charge is -2.48. The number of guanidine groups is 1. The highest BCUT2D eigenvalue weighted by Crippen LogP contribution is 2.33. The van der Waals surface area contributed by atoms with Crippen LogP contribution in [0.4, 0.5) is 0 Å². The molecule has 19 nitrogen and oxygen atoms in total. The maximum Gasteiger partial charge on any atom is 0.249 e. The van der Waals surface area contributed by atoms with Crippen LogP contribution < -0.4 is 33.6 Å². The summed E-state index contributed by atoms with van der Waals surface area (Å²) in [6.07, 6.45) is -18.9. The van der Waals surface area contributed by atoms with Crippen LogP contribution in [-0.2, 0) is 23.7 Å². The van der Waals surface area contributed by atoms with Gasteiger partial charge in [-0.15, -0.1) is 0 Å². The van der Waals surface area contributed by atoms with E-state index in [-0.39, 0.29) is 25.9 Å². The van der Waals surface area contributed by atoms with Gasteiger partial charge in [-0.05, 0) is 26.3 Å². The molecule has 244 valence electrons. The van der Waals surface area contributed by atoms with E-state index >= 15 is 0 Å².